The SMILES string of the molecule is Cc1ccccc1C(=O)OCC(=O)N(C)Cc1ccc(N(C)C)cc1. The average Bonchev–Trinajstić information content (AvgIpc) is 2.60. The largest absolute Gasteiger partial charge is 0.452 e. The molecule has 0 radical (unpaired) electrons. The van der Waals surface area contributed by atoms with E-state index in [1.54, 1.807) is 24.1 Å². The number of ether oxygens (including phenoxy) is 1. The van der Waals surface area contributed by atoms with E-state index in [1.807, 2.05) is 62.3 Å². The maximum atomic E-state index is 12.2. The lowest BCUT2D eigenvalue weighted by Crippen LogP contribution is -2.30. The predicted molar refractivity (Wildman–Crippen MR) is 98.7 cm³/mol. The Balaban J connectivity index is 1.88. The molecule has 0 heterocycles. The van der Waals surface area contributed by atoms with Crippen molar-refractivity contribution in [3.8, 4) is 0 Å². The fraction of sp³-hybridized carbons (Fsp3) is 0.300. The fourth-order valence-corrected chi connectivity index (χ4v) is 2.38. The van der Waals surface area contributed by atoms with E-state index in [9.17, 15) is 9.59 Å². The monoisotopic (exact) mass is 340 g/mol. The lowest BCUT2D eigenvalue weighted by molar-refractivity contribution is -0.133. The third kappa shape index (κ3) is 5.08. The number of hydrogen-bond acceptors (Lipinski definition) is 4. The van der Waals surface area contributed by atoms with Crippen LogP contribution in [0.15, 0.2) is 48.5 Å². The number of benzene rings is 2. The van der Waals surface area contributed by atoms with Gasteiger partial charge in [0.05, 0.1) is 5.56 Å². The molecule has 0 aliphatic heterocycles. The zero-order chi connectivity index (χ0) is 18.4. The summed E-state index contributed by atoms with van der Waals surface area (Å²) in [6.45, 7) is 2.04. The summed E-state index contributed by atoms with van der Waals surface area (Å²) < 4.78 is 5.14. The molecule has 0 spiro atoms. The van der Waals surface area contributed by atoms with Gasteiger partial charge in [0.2, 0.25) is 0 Å². The Morgan fingerprint density at radius 1 is 0.960 bits per heavy atom. The second-order valence-corrected chi connectivity index (χ2v) is 6.20. The highest BCUT2D eigenvalue weighted by molar-refractivity contribution is 5.92. The Bertz CT molecular complexity index is 739. The van der Waals surface area contributed by atoms with Crippen LogP contribution in [0.2, 0.25) is 0 Å². The molecule has 25 heavy (non-hydrogen) atoms. The highest BCUT2D eigenvalue weighted by atomic mass is 16.5. The molecule has 2 rings (SSSR count). The number of hydrogen-bond donors (Lipinski definition) is 0. The molecule has 0 aromatic heterocycles. The van der Waals surface area contributed by atoms with E-state index < -0.39 is 5.97 Å². The van der Waals surface area contributed by atoms with E-state index in [0.29, 0.717) is 12.1 Å². The van der Waals surface area contributed by atoms with E-state index in [-0.39, 0.29) is 12.5 Å². The highest BCUT2D eigenvalue weighted by Crippen LogP contribution is 2.13. The van der Waals surface area contributed by atoms with Crippen LogP contribution in [0.1, 0.15) is 21.5 Å². The zero-order valence-electron chi connectivity index (χ0n) is 15.2. The van der Waals surface area contributed by atoms with Crippen molar-refractivity contribution >= 4 is 17.6 Å². The van der Waals surface area contributed by atoms with Gasteiger partial charge < -0.3 is 14.5 Å². The van der Waals surface area contributed by atoms with Crippen molar-refractivity contribution in [3.63, 3.8) is 0 Å². The van der Waals surface area contributed by atoms with E-state index in [0.717, 1.165) is 16.8 Å². The lowest BCUT2D eigenvalue weighted by Gasteiger charge is -2.18. The molecule has 5 nitrogen and oxygen atoms in total. The van der Waals surface area contributed by atoms with Gasteiger partial charge in [-0.3, -0.25) is 4.79 Å². The summed E-state index contributed by atoms with van der Waals surface area (Å²) in [5, 5.41) is 0. The second kappa shape index (κ2) is 8.33. The van der Waals surface area contributed by atoms with Gasteiger partial charge in [0.25, 0.3) is 5.91 Å². The molecule has 2 aromatic carbocycles. The van der Waals surface area contributed by atoms with Crippen LogP contribution in [0.3, 0.4) is 0 Å². The predicted octanol–water partition coefficient (Wildman–Crippen LogP) is 2.88. The summed E-state index contributed by atoms with van der Waals surface area (Å²) >= 11 is 0. The summed E-state index contributed by atoms with van der Waals surface area (Å²) in [7, 11) is 5.66. The zero-order valence-corrected chi connectivity index (χ0v) is 15.2. The van der Waals surface area contributed by atoms with Gasteiger partial charge in [-0.05, 0) is 36.2 Å². The molecule has 0 saturated heterocycles. The van der Waals surface area contributed by atoms with Crippen LogP contribution in [0.5, 0.6) is 0 Å². The van der Waals surface area contributed by atoms with E-state index in [4.69, 9.17) is 4.74 Å². The van der Waals surface area contributed by atoms with Crippen LogP contribution < -0.4 is 4.90 Å². The third-order valence-corrected chi connectivity index (χ3v) is 3.99. The third-order valence-electron chi connectivity index (χ3n) is 3.99. The molecular formula is C20H24N2O3. The van der Waals surface area contributed by atoms with Crippen LogP contribution in [-0.4, -0.2) is 44.5 Å². The van der Waals surface area contributed by atoms with Gasteiger partial charge >= 0.3 is 5.97 Å². The van der Waals surface area contributed by atoms with E-state index in [1.165, 1.54) is 0 Å². The van der Waals surface area contributed by atoms with Crippen LogP contribution in [0, 0.1) is 6.92 Å². The topological polar surface area (TPSA) is 49.9 Å². The first kappa shape index (κ1) is 18.5. The van der Waals surface area contributed by atoms with Crippen molar-refractivity contribution in [2.24, 2.45) is 0 Å². The Morgan fingerprint density at radius 2 is 1.60 bits per heavy atom. The number of likely N-dealkylation sites (N-methyl/N-ethyl adjacent to an activating group) is 1. The second-order valence-electron chi connectivity index (χ2n) is 6.20. The van der Waals surface area contributed by atoms with Gasteiger partial charge in [-0.1, -0.05) is 30.3 Å². The smallest absolute Gasteiger partial charge is 0.338 e. The van der Waals surface area contributed by atoms with Crippen molar-refractivity contribution in [3.05, 3.63) is 65.2 Å². The molecule has 0 saturated carbocycles. The maximum absolute atomic E-state index is 12.2. The Labute approximate surface area is 148 Å². The van der Waals surface area contributed by atoms with Crippen LogP contribution >= 0.6 is 0 Å². The number of carbonyl (C=O) groups excluding carboxylic acids is 2. The van der Waals surface area contributed by atoms with Crippen LogP contribution in [-0.2, 0) is 16.1 Å². The van der Waals surface area contributed by atoms with Crippen molar-refractivity contribution < 1.29 is 14.3 Å². The Hall–Kier alpha value is -2.82. The maximum Gasteiger partial charge on any atom is 0.338 e. The first-order valence-electron chi connectivity index (χ1n) is 8.11. The molecule has 0 aliphatic rings. The molecule has 0 N–H and O–H groups in total. The van der Waals surface area contributed by atoms with Crippen LogP contribution in [0.4, 0.5) is 5.69 Å². The standard InChI is InChI=1S/C20H24N2O3/c1-15-7-5-6-8-18(15)20(24)25-14-19(23)22(4)13-16-9-11-17(12-10-16)21(2)3/h5-12H,13-14H2,1-4H3. The minimum absolute atomic E-state index is 0.237. The lowest BCUT2D eigenvalue weighted by atomic mass is 10.1. The number of aryl methyl sites for hydroxylation is 1. The number of esters is 1. The molecule has 5 heteroatoms. The number of anilines is 1. The summed E-state index contributed by atoms with van der Waals surface area (Å²) in [6, 6.07) is 15.1. The molecule has 0 fully saturated rings. The van der Waals surface area contributed by atoms with Gasteiger partial charge in [-0.2, -0.15) is 0 Å². The molecule has 132 valence electrons. The fourth-order valence-electron chi connectivity index (χ4n) is 2.38. The first-order valence-corrected chi connectivity index (χ1v) is 8.11. The molecule has 0 atom stereocenters. The number of nitrogens with zero attached hydrogens (tertiary/aromatic N) is 2. The van der Waals surface area contributed by atoms with Crippen molar-refractivity contribution in [1.29, 1.82) is 0 Å². The Morgan fingerprint density at radius 3 is 2.20 bits per heavy atom. The number of amides is 1. The van der Waals surface area contributed by atoms with Crippen molar-refractivity contribution in [2.45, 2.75) is 13.5 Å². The molecule has 0 bridgehead atoms. The van der Waals surface area contributed by atoms with Crippen LogP contribution in [0.25, 0.3) is 0 Å². The van der Waals surface area contributed by atoms with Gasteiger partial charge in [-0.15, -0.1) is 0 Å². The van der Waals surface area contributed by atoms with Gasteiger partial charge in [0.15, 0.2) is 6.61 Å². The normalized spacial score (nSPS) is 10.2. The van der Waals surface area contributed by atoms with E-state index >= 15 is 0 Å². The molecule has 0 unspecified atom stereocenters. The number of rotatable bonds is 6. The minimum Gasteiger partial charge on any atom is -0.452 e. The molecule has 1 amide bonds. The summed E-state index contributed by atoms with van der Waals surface area (Å²) in [5.74, 6) is -0.714. The van der Waals surface area contributed by atoms with Gasteiger partial charge in [-0.25, -0.2) is 4.79 Å². The first-order chi connectivity index (χ1) is 11.9. The average molecular weight is 340 g/mol. The van der Waals surface area contributed by atoms with Gasteiger partial charge in [0, 0.05) is 33.4 Å². The number of carbonyl (C=O) groups is 2. The molecule has 2 aromatic rings. The quantitative estimate of drug-likeness (QED) is 0.759. The molecular weight excluding hydrogens is 316 g/mol. The Kier molecular flexibility index (Phi) is 6.17. The summed E-state index contributed by atoms with van der Waals surface area (Å²) in [5.41, 5.74) is 3.43. The summed E-state index contributed by atoms with van der Waals surface area (Å²) in [4.78, 5) is 27.8. The van der Waals surface area contributed by atoms with Crippen molar-refractivity contribution in [2.75, 3.05) is 32.6 Å². The van der Waals surface area contributed by atoms with Crippen molar-refractivity contribution in [1.82, 2.24) is 4.90 Å². The minimum atomic E-state index is -0.477. The highest BCUT2D eigenvalue weighted by Gasteiger charge is 2.15. The van der Waals surface area contributed by atoms with E-state index in [2.05, 4.69) is 0 Å². The summed E-state index contributed by atoms with van der Waals surface area (Å²) in [6.07, 6.45) is 0. The van der Waals surface area contributed by atoms with Gasteiger partial charge in [0.1, 0.15) is 0 Å². The molecule has 0 aliphatic carbocycles.